The highest BCUT2D eigenvalue weighted by atomic mass is 19.1. The van der Waals surface area contributed by atoms with Gasteiger partial charge in [0.2, 0.25) is 0 Å². The van der Waals surface area contributed by atoms with Crippen molar-refractivity contribution >= 4 is 12.0 Å². The van der Waals surface area contributed by atoms with Crippen LogP contribution in [0.4, 0.5) is 9.18 Å². The monoisotopic (exact) mass is 400 g/mol. The maximum absolute atomic E-state index is 14.4. The summed E-state index contributed by atoms with van der Waals surface area (Å²) in [7, 11) is 0. The summed E-state index contributed by atoms with van der Waals surface area (Å²) in [5.41, 5.74) is 1.50. The highest BCUT2D eigenvalue weighted by Crippen LogP contribution is 2.33. The minimum absolute atomic E-state index is 0.0456. The van der Waals surface area contributed by atoms with Crippen molar-refractivity contribution in [3.63, 3.8) is 0 Å². The van der Waals surface area contributed by atoms with E-state index < -0.39 is 17.5 Å². The smallest absolute Gasteiger partial charge is 0.407 e. The van der Waals surface area contributed by atoms with Crippen LogP contribution in [0.1, 0.15) is 48.3 Å². The summed E-state index contributed by atoms with van der Waals surface area (Å²) in [6.07, 6.45) is 0.0402. The summed E-state index contributed by atoms with van der Waals surface area (Å²) in [5.74, 6) is -0.862. The van der Waals surface area contributed by atoms with Gasteiger partial charge in [-0.3, -0.25) is 4.79 Å². The minimum atomic E-state index is -0.614. The summed E-state index contributed by atoms with van der Waals surface area (Å²) >= 11 is 0. The van der Waals surface area contributed by atoms with Crippen LogP contribution in [0.3, 0.4) is 0 Å². The molecule has 0 saturated heterocycles. The zero-order chi connectivity index (χ0) is 21.0. The lowest BCUT2D eigenvalue weighted by Crippen LogP contribution is -2.34. The first-order chi connectivity index (χ1) is 13.7. The number of carbonyl (C=O) groups is 2. The highest BCUT2D eigenvalue weighted by molar-refractivity contribution is 5.99. The van der Waals surface area contributed by atoms with Crippen LogP contribution in [0.25, 0.3) is 0 Å². The Morgan fingerprint density at radius 1 is 1.21 bits per heavy atom. The Labute approximate surface area is 169 Å². The van der Waals surface area contributed by atoms with Crippen LogP contribution in [0.5, 0.6) is 5.75 Å². The van der Waals surface area contributed by atoms with E-state index in [1.165, 1.54) is 6.07 Å². The number of hydrogen-bond donors (Lipinski definition) is 2. The van der Waals surface area contributed by atoms with Crippen molar-refractivity contribution in [3.8, 4) is 5.75 Å². The Morgan fingerprint density at radius 2 is 1.93 bits per heavy atom. The van der Waals surface area contributed by atoms with Crippen LogP contribution in [-0.4, -0.2) is 30.8 Å². The van der Waals surface area contributed by atoms with E-state index in [4.69, 9.17) is 9.47 Å². The maximum Gasteiger partial charge on any atom is 0.407 e. The molecular formula is C22H25FN2O4. The zero-order valence-electron chi connectivity index (χ0n) is 16.8. The highest BCUT2D eigenvalue weighted by Gasteiger charge is 2.30. The summed E-state index contributed by atoms with van der Waals surface area (Å²) in [5, 5.41) is 5.45. The molecule has 1 atom stereocenters. The second kappa shape index (κ2) is 8.51. The Bertz CT molecular complexity index is 894. The molecule has 2 amide bonds. The van der Waals surface area contributed by atoms with E-state index in [1.807, 2.05) is 30.3 Å². The van der Waals surface area contributed by atoms with E-state index in [9.17, 15) is 14.0 Å². The van der Waals surface area contributed by atoms with E-state index >= 15 is 0 Å². The number of amides is 2. The van der Waals surface area contributed by atoms with Gasteiger partial charge in [0.1, 0.15) is 12.2 Å². The molecule has 1 aliphatic rings. The Morgan fingerprint density at radius 3 is 2.62 bits per heavy atom. The standard InChI is InChI=1S/C22H25FN2O4/c1-22(2,3)29-21(27)24-9-10-28-19-13-15-16(12-17(19)23)20(26)25-18(15)11-14-7-5-4-6-8-14/h4-8,12-13,18H,9-11H2,1-3H3,(H,24,27)(H,25,26). The summed E-state index contributed by atoms with van der Waals surface area (Å²) < 4.78 is 25.0. The molecule has 154 valence electrons. The first-order valence-electron chi connectivity index (χ1n) is 9.51. The van der Waals surface area contributed by atoms with Crippen molar-refractivity contribution in [2.75, 3.05) is 13.2 Å². The average Bonchev–Trinajstić information content (AvgIpc) is 2.93. The predicted molar refractivity (Wildman–Crippen MR) is 106 cm³/mol. The maximum atomic E-state index is 14.4. The number of nitrogens with one attached hydrogen (secondary N) is 2. The van der Waals surface area contributed by atoms with E-state index in [-0.39, 0.29) is 30.9 Å². The van der Waals surface area contributed by atoms with Gasteiger partial charge in [-0.2, -0.15) is 0 Å². The fraction of sp³-hybridized carbons (Fsp3) is 0.364. The Kier molecular flexibility index (Phi) is 6.06. The Hall–Kier alpha value is -3.09. The van der Waals surface area contributed by atoms with Crippen LogP contribution in [-0.2, 0) is 11.2 Å². The molecule has 0 radical (unpaired) electrons. The van der Waals surface area contributed by atoms with Gasteiger partial charge in [-0.25, -0.2) is 9.18 Å². The lowest BCUT2D eigenvalue weighted by Gasteiger charge is -2.19. The van der Waals surface area contributed by atoms with E-state index in [1.54, 1.807) is 26.8 Å². The Balaban J connectivity index is 1.63. The molecule has 0 fully saturated rings. The molecule has 6 nitrogen and oxygen atoms in total. The molecule has 2 N–H and O–H groups in total. The number of fused-ring (bicyclic) bond motifs is 1. The van der Waals surface area contributed by atoms with Gasteiger partial charge in [0, 0.05) is 5.56 Å². The first-order valence-corrected chi connectivity index (χ1v) is 9.51. The van der Waals surface area contributed by atoms with Crippen LogP contribution in [0, 0.1) is 5.82 Å². The number of ether oxygens (including phenoxy) is 2. The van der Waals surface area contributed by atoms with E-state index in [2.05, 4.69) is 10.6 Å². The molecule has 2 aromatic carbocycles. The number of alkyl carbamates (subject to hydrolysis) is 1. The third-order valence-electron chi connectivity index (χ3n) is 4.34. The number of hydrogen-bond acceptors (Lipinski definition) is 4. The average molecular weight is 400 g/mol. The quantitative estimate of drug-likeness (QED) is 0.724. The summed E-state index contributed by atoms with van der Waals surface area (Å²) in [4.78, 5) is 23.8. The van der Waals surface area contributed by atoms with Gasteiger partial charge in [-0.05, 0) is 50.5 Å². The van der Waals surface area contributed by atoms with E-state index in [0.29, 0.717) is 17.5 Å². The second-order valence-corrected chi connectivity index (χ2v) is 7.86. The third-order valence-corrected chi connectivity index (χ3v) is 4.34. The van der Waals surface area contributed by atoms with Crippen molar-refractivity contribution < 1.29 is 23.5 Å². The summed E-state index contributed by atoms with van der Waals surface area (Å²) in [6, 6.07) is 12.3. The van der Waals surface area contributed by atoms with Crippen molar-refractivity contribution in [2.24, 2.45) is 0 Å². The molecule has 7 heteroatoms. The molecule has 1 aliphatic heterocycles. The molecule has 3 rings (SSSR count). The molecule has 29 heavy (non-hydrogen) atoms. The molecule has 0 spiro atoms. The molecule has 0 bridgehead atoms. The molecule has 0 aromatic heterocycles. The first kappa shape index (κ1) is 20.6. The van der Waals surface area contributed by atoms with Crippen molar-refractivity contribution in [2.45, 2.75) is 38.8 Å². The molecule has 2 aromatic rings. The summed E-state index contributed by atoms with van der Waals surface area (Å²) in [6.45, 7) is 5.54. The lowest BCUT2D eigenvalue weighted by molar-refractivity contribution is 0.0520. The number of carbonyl (C=O) groups excluding carboxylic acids is 2. The van der Waals surface area contributed by atoms with Crippen molar-refractivity contribution in [1.82, 2.24) is 10.6 Å². The van der Waals surface area contributed by atoms with Crippen molar-refractivity contribution in [1.29, 1.82) is 0 Å². The van der Waals surface area contributed by atoms with E-state index in [0.717, 1.165) is 5.56 Å². The van der Waals surface area contributed by atoms with Crippen LogP contribution < -0.4 is 15.4 Å². The molecular weight excluding hydrogens is 375 g/mol. The van der Waals surface area contributed by atoms with Gasteiger partial charge in [0.15, 0.2) is 11.6 Å². The van der Waals surface area contributed by atoms with Gasteiger partial charge in [-0.1, -0.05) is 30.3 Å². The fourth-order valence-corrected chi connectivity index (χ4v) is 3.12. The number of benzene rings is 2. The van der Waals surface area contributed by atoms with Gasteiger partial charge in [0.25, 0.3) is 5.91 Å². The second-order valence-electron chi connectivity index (χ2n) is 7.86. The van der Waals surface area contributed by atoms with Gasteiger partial charge < -0.3 is 20.1 Å². The fourth-order valence-electron chi connectivity index (χ4n) is 3.12. The molecule has 0 aliphatic carbocycles. The third kappa shape index (κ3) is 5.47. The number of rotatable bonds is 6. The molecule has 0 saturated carbocycles. The largest absolute Gasteiger partial charge is 0.489 e. The van der Waals surface area contributed by atoms with Crippen molar-refractivity contribution in [3.05, 3.63) is 65.0 Å². The predicted octanol–water partition coefficient (Wildman–Crippen LogP) is 3.76. The van der Waals surface area contributed by atoms with Crippen LogP contribution >= 0.6 is 0 Å². The topological polar surface area (TPSA) is 76.7 Å². The van der Waals surface area contributed by atoms with Gasteiger partial charge >= 0.3 is 6.09 Å². The van der Waals surface area contributed by atoms with Gasteiger partial charge in [0.05, 0.1) is 12.6 Å². The van der Waals surface area contributed by atoms with Gasteiger partial charge in [-0.15, -0.1) is 0 Å². The molecule has 1 heterocycles. The minimum Gasteiger partial charge on any atom is -0.489 e. The SMILES string of the molecule is CC(C)(C)OC(=O)NCCOc1cc2c(cc1F)C(=O)NC2Cc1ccccc1. The molecule has 1 unspecified atom stereocenters. The number of halogens is 1. The van der Waals surface area contributed by atoms with Crippen LogP contribution in [0.2, 0.25) is 0 Å². The normalized spacial score (nSPS) is 15.4. The lowest BCUT2D eigenvalue weighted by atomic mass is 9.98. The zero-order valence-corrected chi connectivity index (χ0v) is 16.8. The van der Waals surface area contributed by atoms with Crippen LogP contribution in [0.15, 0.2) is 42.5 Å².